The number of hydrogen-bond donors (Lipinski definition) is 1. The van der Waals surface area contributed by atoms with Crippen molar-refractivity contribution in [3.05, 3.63) is 64.9 Å². The Morgan fingerprint density at radius 1 is 1.38 bits per heavy atom. The fraction of sp³-hybridized carbons (Fsp3) is 0.435. The van der Waals surface area contributed by atoms with Gasteiger partial charge in [-0.2, -0.15) is 0 Å². The van der Waals surface area contributed by atoms with Gasteiger partial charge in [-0.05, 0) is 54.7 Å². The molecule has 0 radical (unpaired) electrons. The third-order valence-electron chi connectivity index (χ3n) is 4.52. The van der Waals surface area contributed by atoms with Crippen LogP contribution in [-0.2, 0) is 17.5 Å². The smallest absolute Gasteiger partial charge is 0.269 e. The van der Waals surface area contributed by atoms with Gasteiger partial charge in [-0.1, -0.05) is 45.6 Å². The van der Waals surface area contributed by atoms with Gasteiger partial charge in [0.15, 0.2) is 0 Å². The van der Waals surface area contributed by atoms with Crippen molar-refractivity contribution in [3.63, 3.8) is 0 Å². The van der Waals surface area contributed by atoms with Gasteiger partial charge in [0, 0.05) is 31.1 Å². The van der Waals surface area contributed by atoms with Crippen LogP contribution >= 0.6 is 0 Å². The van der Waals surface area contributed by atoms with Gasteiger partial charge in [0.25, 0.3) is 5.91 Å². The number of hydrazine groups is 1. The highest BCUT2D eigenvalue weighted by Crippen LogP contribution is 2.30. The van der Waals surface area contributed by atoms with Crippen molar-refractivity contribution in [1.82, 2.24) is 14.7 Å². The number of nitrogens with one attached hydrogen (secondary N) is 1. The van der Waals surface area contributed by atoms with Crippen molar-refractivity contribution < 1.29 is 9.00 Å². The van der Waals surface area contributed by atoms with Crippen LogP contribution in [0.4, 0.5) is 0 Å². The summed E-state index contributed by atoms with van der Waals surface area (Å²) in [6.07, 6.45) is 8.23. The molecule has 1 heterocycles. The fourth-order valence-electron chi connectivity index (χ4n) is 3.22. The first-order valence-electron chi connectivity index (χ1n) is 10.0. The minimum absolute atomic E-state index is 0.0847. The van der Waals surface area contributed by atoms with E-state index in [1.54, 1.807) is 12.3 Å². The summed E-state index contributed by atoms with van der Waals surface area (Å²) in [6, 6.07) is 4.17. The van der Waals surface area contributed by atoms with Crippen LogP contribution < -0.4 is 4.72 Å². The molecule has 1 atom stereocenters. The minimum Gasteiger partial charge on any atom is -0.306 e. The van der Waals surface area contributed by atoms with Crippen LogP contribution in [0.5, 0.6) is 0 Å². The maximum atomic E-state index is 12.8. The summed E-state index contributed by atoms with van der Waals surface area (Å²) in [7, 11) is 0.838. The summed E-state index contributed by atoms with van der Waals surface area (Å²) in [5, 5.41) is 3.83. The lowest BCUT2D eigenvalue weighted by atomic mass is 9.96. The predicted molar refractivity (Wildman–Crippen MR) is 124 cm³/mol. The number of aryl methyl sites for hydroxylation is 1. The number of carbonyl (C=O) groups excluding carboxylic acids is 1. The van der Waals surface area contributed by atoms with Gasteiger partial charge in [-0.15, -0.1) is 0 Å². The number of amides is 1. The van der Waals surface area contributed by atoms with Crippen molar-refractivity contribution in [3.8, 4) is 0 Å². The average Bonchev–Trinajstić information content (AvgIpc) is 3.00. The summed E-state index contributed by atoms with van der Waals surface area (Å²) in [5.74, 6) is 0.0847. The molecule has 29 heavy (non-hydrogen) atoms. The number of hydrogen-bond acceptors (Lipinski definition) is 3. The molecule has 5 nitrogen and oxygen atoms in total. The molecule has 0 aliphatic carbocycles. The van der Waals surface area contributed by atoms with Gasteiger partial charge in [0.05, 0.1) is 6.54 Å². The zero-order chi connectivity index (χ0) is 22.1. The topological polar surface area (TPSA) is 52.6 Å². The third-order valence-corrected chi connectivity index (χ3v) is 5.07. The van der Waals surface area contributed by atoms with Crippen LogP contribution in [0.1, 0.15) is 61.2 Å². The summed E-state index contributed by atoms with van der Waals surface area (Å²) in [5.41, 5.74) is 5.70. The van der Waals surface area contributed by atoms with Crippen molar-refractivity contribution in [2.45, 2.75) is 47.6 Å². The van der Waals surface area contributed by atoms with Crippen LogP contribution in [0, 0.1) is 6.92 Å². The molecule has 1 aromatic carbocycles. The zero-order valence-electron chi connectivity index (χ0n) is 18.8. The Labute approximate surface area is 178 Å². The first-order chi connectivity index (χ1) is 13.7. The molecule has 1 N–H and O–H groups in total. The molecule has 1 unspecified atom stereocenters. The minimum atomic E-state index is -1.12. The van der Waals surface area contributed by atoms with Crippen molar-refractivity contribution in [2.75, 3.05) is 19.8 Å². The van der Waals surface area contributed by atoms with Gasteiger partial charge >= 0.3 is 0 Å². The Morgan fingerprint density at radius 2 is 2.03 bits per heavy atom. The Hall–Kier alpha value is -2.18. The molecular formula is C23H35N3O2S. The summed E-state index contributed by atoms with van der Waals surface area (Å²) >= 11 is 0. The van der Waals surface area contributed by atoms with E-state index in [0.29, 0.717) is 12.2 Å². The van der Waals surface area contributed by atoms with E-state index in [4.69, 9.17) is 0 Å². The van der Waals surface area contributed by atoms with Crippen molar-refractivity contribution in [2.24, 2.45) is 0 Å². The van der Waals surface area contributed by atoms with Crippen LogP contribution in [0.25, 0.3) is 5.57 Å². The highest BCUT2D eigenvalue weighted by atomic mass is 32.2. The predicted octanol–water partition coefficient (Wildman–Crippen LogP) is 4.59. The standard InChI is InChI=1S/C21H29N3O2S.C2H6/c1-7-11-23(5)24-14-19-13-18(12-16(3)20(19)21(24)25)15(2)9-8-10-17(4)22-27(6)26;1-2/h8-10,12-13,22H,4,7,11,14H2,1-3,5-6H3;1-2H3/b10-8-,15-9+;. The second-order valence-corrected chi connectivity index (χ2v) is 7.97. The Morgan fingerprint density at radius 3 is 2.62 bits per heavy atom. The molecule has 0 spiro atoms. The molecule has 1 aliphatic rings. The molecule has 0 saturated heterocycles. The zero-order valence-corrected chi connectivity index (χ0v) is 19.7. The van der Waals surface area contributed by atoms with Crippen LogP contribution in [0.3, 0.4) is 0 Å². The number of rotatable bonds is 8. The van der Waals surface area contributed by atoms with E-state index in [0.717, 1.165) is 40.8 Å². The van der Waals surface area contributed by atoms with Crippen LogP contribution in [0.15, 0.2) is 42.6 Å². The van der Waals surface area contributed by atoms with Gasteiger partial charge < -0.3 is 4.72 Å². The number of carbonyl (C=O) groups is 1. The lowest BCUT2D eigenvalue weighted by Crippen LogP contribution is -2.40. The molecule has 1 amide bonds. The maximum absolute atomic E-state index is 12.8. The second kappa shape index (κ2) is 11.7. The largest absolute Gasteiger partial charge is 0.306 e. The van der Waals surface area contributed by atoms with E-state index in [1.165, 1.54) is 0 Å². The molecule has 2 rings (SSSR count). The molecule has 6 heteroatoms. The number of allylic oxidation sites excluding steroid dienone is 4. The molecule has 0 fully saturated rings. The van der Waals surface area contributed by atoms with E-state index in [-0.39, 0.29) is 5.91 Å². The van der Waals surface area contributed by atoms with Gasteiger partial charge in [0.2, 0.25) is 0 Å². The molecule has 0 bridgehead atoms. The van der Waals surface area contributed by atoms with Crippen LogP contribution in [0.2, 0.25) is 0 Å². The first-order valence-corrected chi connectivity index (χ1v) is 11.6. The van der Waals surface area contributed by atoms with E-state index < -0.39 is 11.0 Å². The van der Waals surface area contributed by atoms with Crippen molar-refractivity contribution in [1.29, 1.82) is 0 Å². The SMILES string of the molecule is C=C(/C=C\C=C(/C)c1cc(C)c2c(c1)CN(N(C)CCC)C2=O)NS(C)=O.CC. The van der Waals surface area contributed by atoms with Gasteiger partial charge in [-0.3, -0.25) is 9.80 Å². The first kappa shape index (κ1) is 24.9. The Balaban J connectivity index is 0.00000204. The van der Waals surface area contributed by atoms with E-state index in [9.17, 15) is 9.00 Å². The highest BCUT2D eigenvalue weighted by molar-refractivity contribution is 7.82. The van der Waals surface area contributed by atoms with Crippen molar-refractivity contribution >= 4 is 22.5 Å². The van der Waals surface area contributed by atoms with Gasteiger partial charge in [0.1, 0.15) is 11.0 Å². The fourth-order valence-corrected chi connectivity index (χ4v) is 3.66. The molecule has 1 aliphatic heterocycles. The van der Waals surface area contributed by atoms with Gasteiger partial charge in [-0.25, -0.2) is 9.22 Å². The molecule has 0 aromatic heterocycles. The summed E-state index contributed by atoms with van der Waals surface area (Å²) in [4.78, 5) is 12.8. The number of nitrogens with zero attached hydrogens (tertiary/aromatic N) is 2. The normalized spacial score (nSPS) is 14.7. The Kier molecular flexibility index (Phi) is 10.1. The molecule has 160 valence electrons. The lowest BCUT2D eigenvalue weighted by molar-refractivity contribution is 0.00764. The average molecular weight is 418 g/mol. The monoisotopic (exact) mass is 417 g/mol. The molecule has 1 aromatic rings. The molecule has 0 saturated carbocycles. The van der Waals surface area contributed by atoms with E-state index >= 15 is 0 Å². The lowest BCUT2D eigenvalue weighted by Gasteiger charge is -2.27. The quantitative estimate of drug-likeness (QED) is 0.630. The number of fused-ring (bicyclic) bond motifs is 1. The summed E-state index contributed by atoms with van der Waals surface area (Å²) < 4.78 is 13.9. The molecular weight excluding hydrogens is 382 g/mol. The Bertz CT molecular complexity index is 828. The third kappa shape index (κ3) is 6.68. The summed E-state index contributed by atoms with van der Waals surface area (Å²) in [6.45, 7) is 15.4. The second-order valence-electron chi connectivity index (χ2n) is 6.86. The van der Waals surface area contributed by atoms with E-state index in [2.05, 4.69) is 30.4 Å². The number of benzene rings is 1. The maximum Gasteiger partial charge on any atom is 0.269 e. The van der Waals surface area contributed by atoms with E-state index in [1.807, 2.05) is 56.9 Å². The highest BCUT2D eigenvalue weighted by Gasteiger charge is 2.31. The van der Waals surface area contributed by atoms with Crippen LogP contribution in [-0.4, -0.2) is 40.0 Å².